The van der Waals surface area contributed by atoms with E-state index in [1.807, 2.05) is 16.3 Å². The molecule has 2 atom stereocenters. The van der Waals surface area contributed by atoms with Gasteiger partial charge in [-0.15, -0.1) is 81.1 Å². The van der Waals surface area contributed by atoms with Gasteiger partial charge in [0.2, 0.25) is 0 Å². The zero-order chi connectivity index (χ0) is 85.6. The minimum Gasteiger partial charge on any atom is -0.486 e. The molecule has 0 aliphatic carbocycles. The molecule has 1 fully saturated rings. The van der Waals surface area contributed by atoms with Crippen LogP contribution >= 0.6 is 81.1 Å². The number of amides is 1. The number of methoxy groups -OCH3 is 2. The Morgan fingerprint density at radius 3 is 1.44 bits per heavy atom. The summed E-state index contributed by atoms with van der Waals surface area (Å²) in [6.07, 6.45) is 0.470. The largest absolute Gasteiger partial charge is 0.486 e. The highest BCUT2D eigenvalue weighted by Crippen LogP contribution is 2.42. The number of ketones is 1. The minimum atomic E-state index is -3.93. The van der Waals surface area contributed by atoms with Crippen molar-refractivity contribution in [3.8, 4) is 11.5 Å². The molecule has 35 heteroatoms. The maximum Gasteiger partial charge on any atom is 0.382 e. The molecule has 119 heavy (non-hydrogen) atoms. The van der Waals surface area contributed by atoms with Crippen molar-refractivity contribution in [2.24, 2.45) is 0 Å². The Kier molecular flexibility index (Phi) is 35.1. The highest BCUT2D eigenvalue weighted by molar-refractivity contribution is 7.99. The number of aliphatic hydroxyl groups is 1. The number of fused-ring (bicyclic) bond motifs is 6. The monoisotopic (exact) mass is 1790 g/mol. The van der Waals surface area contributed by atoms with Crippen LogP contribution in [0, 0.1) is 40.7 Å². The lowest BCUT2D eigenvalue weighted by molar-refractivity contribution is -0.172. The number of rotatable bonds is 20. The van der Waals surface area contributed by atoms with Crippen LogP contribution in [-0.2, 0) is 55.9 Å². The summed E-state index contributed by atoms with van der Waals surface area (Å²) in [5.41, 5.74) is 0.430. The van der Waals surface area contributed by atoms with E-state index in [9.17, 15) is 77.4 Å². The number of likely N-dealkylation sites (tertiary alicyclic amines) is 1. The molecule has 0 spiro atoms. The molecule has 15 rings (SSSR count). The van der Waals surface area contributed by atoms with Gasteiger partial charge in [-0.25, -0.2) is 45.1 Å². The number of carbonyl (C=O) groups excluding carboxylic acids is 4. The molecule has 8 aromatic carbocycles. The number of carboxylic acid groups (broad SMARTS) is 1. The lowest BCUT2D eigenvalue weighted by Gasteiger charge is -2.30. The van der Waals surface area contributed by atoms with E-state index in [2.05, 4.69) is 27.4 Å². The molecule has 0 saturated carbocycles. The van der Waals surface area contributed by atoms with Crippen LogP contribution in [-0.4, -0.2) is 123 Å². The summed E-state index contributed by atoms with van der Waals surface area (Å²) in [5.74, 6) is -19.2. The van der Waals surface area contributed by atoms with Crippen molar-refractivity contribution in [1.82, 2.24) is 10.2 Å². The molecule has 13 aromatic rings. The van der Waals surface area contributed by atoms with Crippen LogP contribution in [0.15, 0.2) is 203 Å². The van der Waals surface area contributed by atoms with E-state index in [4.69, 9.17) is 24.1 Å². The third-order valence-electron chi connectivity index (χ3n) is 16.8. The number of hydrogen-bond acceptors (Lipinski definition) is 20. The molecule has 1 amide bonds. The van der Waals surface area contributed by atoms with Crippen LogP contribution in [0.5, 0.6) is 11.5 Å². The topological polar surface area (TPSA) is 196 Å². The van der Waals surface area contributed by atoms with Gasteiger partial charge in [-0.3, -0.25) is 9.59 Å². The zero-order valence-electron chi connectivity index (χ0n) is 62.4. The number of hydrogen-bond donors (Lipinski definition) is 4. The number of thioether (sulfide) groups is 1. The average molecular weight is 1790 g/mol. The van der Waals surface area contributed by atoms with Gasteiger partial charge in [-0.2, -0.15) is 26.3 Å². The maximum absolute atomic E-state index is 15.2. The number of aliphatic carboxylic acids is 1. The first-order chi connectivity index (χ1) is 56.2. The summed E-state index contributed by atoms with van der Waals surface area (Å²) in [4.78, 5) is 59.8. The third kappa shape index (κ3) is 26.4. The molecule has 2 aliphatic rings. The Morgan fingerprint density at radius 2 is 0.958 bits per heavy atom. The number of ether oxygens (including phenoxy) is 6. The van der Waals surface area contributed by atoms with Crippen molar-refractivity contribution in [1.29, 1.82) is 0 Å². The summed E-state index contributed by atoms with van der Waals surface area (Å²) >= 11 is 10.4. The molecule has 0 unspecified atom stereocenters. The Labute approximate surface area is 703 Å². The molecule has 15 nitrogen and oxygen atoms in total. The van der Waals surface area contributed by atoms with E-state index < -0.39 is 91.6 Å². The van der Waals surface area contributed by atoms with Gasteiger partial charge in [0, 0.05) is 59.8 Å². The van der Waals surface area contributed by atoms with Crippen LogP contribution in [0.25, 0.3) is 50.4 Å². The molecule has 3 N–H and O–H groups in total. The number of aliphatic hydroxyl groups excluding tert-OH is 1. The Morgan fingerprint density at radius 1 is 0.521 bits per heavy atom. The Hall–Kier alpha value is -9.66. The van der Waals surface area contributed by atoms with Crippen molar-refractivity contribution < 1.29 is 120 Å². The number of esters is 2. The SMILES string of the molecule is C.CCOC(=O)C(=O)c1cc2cc(F)ccc2s1.CCOC(=O)C(F)(F)c1cc2cc(F)ccc2s1.COC(CSc1ccc(F)cc1)OC.Fc1ccc(S)cc1.Fc1ccc2sccc2c1.O=C(N[C@H](CN1CCCC1)[C@H](O)c1ccc2c(c1)OCCO2)C(F)(F)c1cc2cc(F)ccc2s1.O=C(O)C(F)(F)c1cc2cc(F)ccc2s1. The first kappa shape index (κ1) is 94.8. The number of halogens is 13. The number of thiophene rings is 5. The Balaban J connectivity index is 0.000000182. The van der Waals surface area contributed by atoms with Gasteiger partial charge in [-0.1, -0.05) is 13.5 Å². The van der Waals surface area contributed by atoms with E-state index in [1.165, 1.54) is 85.8 Å². The second kappa shape index (κ2) is 44.0. The molecule has 5 aromatic heterocycles. The summed E-state index contributed by atoms with van der Waals surface area (Å²) in [6, 6.07) is 43.1. The normalized spacial score (nSPS) is 12.9. The molecule has 2 aliphatic heterocycles. The average Bonchev–Trinajstić information content (AvgIpc) is 1.72. The van der Waals surface area contributed by atoms with Gasteiger partial charge in [0.05, 0.1) is 38.8 Å². The molecule has 1 saturated heterocycles. The number of benzene rings is 8. The van der Waals surface area contributed by atoms with Gasteiger partial charge in [0.25, 0.3) is 11.7 Å². The summed E-state index contributed by atoms with van der Waals surface area (Å²) in [7, 11) is 3.19. The van der Waals surface area contributed by atoms with Gasteiger partial charge >= 0.3 is 35.7 Å². The third-order valence-corrected chi connectivity index (χ3v) is 23.8. The smallest absolute Gasteiger partial charge is 0.382 e. The molecule has 0 bridgehead atoms. The molecular weight excluding hydrogens is 1720 g/mol. The summed E-state index contributed by atoms with van der Waals surface area (Å²) < 4.78 is 207. The van der Waals surface area contributed by atoms with E-state index in [-0.39, 0.29) is 67.0 Å². The maximum atomic E-state index is 15.2. The van der Waals surface area contributed by atoms with Gasteiger partial charge in [0.15, 0.2) is 17.8 Å². The van der Waals surface area contributed by atoms with Crippen molar-refractivity contribution in [2.45, 2.75) is 80.1 Å². The fourth-order valence-corrected chi connectivity index (χ4v) is 16.8. The van der Waals surface area contributed by atoms with E-state index in [0.717, 1.165) is 127 Å². The molecular formula is C84H75F13N2O13S7. The number of alkyl halides is 6. The van der Waals surface area contributed by atoms with Crippen molar-refractivity contribution in [3.05, 3.63) is 259 Å². The number of nitrogens with zero attached hydrogens (tertiary/aromatic N) is 1. The van der Waals surface area contributed by atoms with Crippen molar-refractivity contribution in [3.63, 3.8) is 0 Å². The number of carbonyl (C=O) groups is 5. The fourth-order valence-electron chi connectivity index (χ4n) is 11.0. The second-order valence-corrected chi connectivity index (χ2v) is 32.0. The van der Waals surface area contributed by atoms with Crippen molar-refractivity contribution in [2.75, 3.05) is 66.0 Å². The Bertz CT molecular complexity index is 5540. The van der Waals surface area contributed by atoms with E-state index >= 15 is 8.78 Å². The quantitative estimate of drug-likeness (QED) is 0.0107. The van der Waals surface area contributed by atoms with Crippen LogP contribution in [0.3, 0.4) is 0 Å². The first-order valence-electron chi connectivity index (χ1n) is 35.3. The van der Waals surface area contributed by atoms with E-state index in [0.29, 0.717) is 77.6 Å². The van der Waals surface area contributed by atoms with Crippen LogP contribution in [0.1, 0.15) is 70.1 Å². The highest BCUT2D eigenvalue weighted by Gasteiger charge is 2.46. The van der Waals surface area contributed by atoms with Gasteiger partial charge in [-0.05, 0) is 260 Å². The minimum absolute atomic E-state index is 0. The van der Waals surface area contributed by atoms with E-state index in [1.54, 1.807) is 105 Å². The number of Topliss-reactive ketones (excluding diaryl/α,β-unsaturated/α-hetero) is 1. The summed E-state index contributed by atoms with van der Waals surface area (Å²) in [5, 5.41) is 26.4. The van der Waals surface area contributed by atoms with Crippen molar-refractivity contribution >= 4 is 161 Å². The first-order valence-corrected chi connectivity index (χ1v) is 40.9. The number of carboxylic acids is 1. The predicted octanol–water partition coefficient (Wildman–Crippen LogP) is 22.2. The van der Waals surface area contributed by atoms with Crippen LogP contribution in [0.4, 0.5) is 57.1 Å². The molecule has 632 valence electrons. The zero-order valence-corrected chi connectivity index (χ0v) is 68.2. The van der Waals surface area contributed by atoms with Crippen LogP contribution in [0.2, 0.25) is 0 Å². The van der Waals surface area contributed by atoms with Gasteiger partial charge in [0.1, 0.15) is 60.0 Å². The summed E-state index contributed by atoms with van der Waals surface area (Å²) in [6.45, 7) is 5.65. The predicted molar refractivity (Wildman–Crippen MR) is 441 cm³/mol. The molecule has 0 radical (unpaired) electrons. The number of nitrogens with one attached hydrogen (secondary N) is 1. The second-order valence-electron chi connectivity index (χ2n) is 25.2. The van der Waals surface area contributed by atoms with Crippen LogP contribution < -0.4 is 14.8 Å². The van der Waals surface area contributed by atoms with Gasteiger partial charge < -0.3 is 48.9 Å². The lowest BCUT2D eigenvalue weighted by Crippen LogP contribution is -2.50. The fraction of sp³-hybridized carbons (Fsp3) is 0.250. The number of thiol groups is 1. The highest BCUT2D eigenvalue weighted by atomic mass is 32.2. The standard InChI is InChI=1S/C25H25F3N2O4S.C12H9F3O2S.C12H9FO3S.C10H5F3O2S.C10H13FO2S.C8H5FS.C6H5FS.CH4/c26-17-4-6-21-16(11-17)13-22(35-21)25(27,28)24(32)29-18(14-30-7-1-2-8-30)23(31)15-3-5-19-20(12-15)34-10-9-33-19;1-2-17-11(16)12(14,15)10-6-7-5-8(13)3-4-9(7)18-10;1-2-16-12(15)11(14)10-6-7-5-8(13)3-4-9(7)17-10;11-6-1-2-7-5(3-6)4-8(16-7)10(12,13)9(14)15;1-12-10(13-2)7-14-9-5-3-8(11)4-6-9;9-7-1-2-8-6(5-7)3-4-10-8;7-5-1-3-6(8)4-2-5;/h3-6,11-13,18,23,31H,1-2,7-10,14H2,(H,29,32);3-6H,2H2,1H3;3-6H,2H2,1H3;1-4H,(H,14,15);3-6,10H,7H2,1-2H3;1-5H;1-4,8H;1H4/t18-,23-;;;;;;;/m1......./s1. The molecule has 7 heterocycles. The lowest BCUT2D eigenvalue weighted by atomic mass is 10.0.